The van der Waals surface area contributed by atoms with E-state index in [0.717, 1.165) is 22.4 Å². The highest BCUT2D eigenvalue weighted by Crippen LogP contribution is 2.32. The Labute approximate surface area is 143 Å². The van der Waals surface area contributed by atoms with E-state index in [1.54, 1.807) is 0 Å². The molecule has 0 aliphatic heterocycles. The van der Waals surface area contributed by atoms with Gasteiger partial charge >= 0.3 is 5.97 Å². The van der Waals surface area contributed by atoms with Crippen LogP contribution in [-0.2, 0) is 21.7 Å². The molecular formula is C20H24O4. The fraction of sp³-hybridized carbons (Fsp3) is 0.350. The zero-order chi connectivity index (χ0) is 17.6. The second-order valence-electron chi connectivity index (χ2n) is 5.93. The SMILES string of the molecule is CCC(C)(OC(=O)CO)c1ccccc1COc1ccccc1C. The number of rotatable bonds is 7. The van der Waals surface area contributed by atoms with Gasteiger partial charge in [-0.05, 0) is 37.5 Å². The Kier molecular flexibility index (Phi) is 5.99. The lowest BCUT2D eigenvalue weighted by molar-refractivity contribution is -0.163. The molecule has 1 N–H and O–H groups in total. The van der Waals surface area contributed by atoms with Gasteiger partial charge in [-0.1, -0.05) is 49.4 Å². The topological polar surface area (TPSA) is 55.8 Å². The summed E-state index contributed by atoms with van der Waals surface area (Å²) in [6.45, 7) is 5.56. The average Bonchev–Trinajstić information content (AvgIpc) is 2.61. The van der Waals surface area contributed by atoms with Crippen LogP contribution < -0.4 is 4.74 Å². The van der Waals surface area contributed by atoms with Crippen molar-refractivity contribution in [2.24, 2.45) is 0 Å². The third kappa shape index (κ3) is 4.15. The number of hydrogen-bond acceptors (Lipinski definition) is 4. The Morgan fingerprint density at radius 1 is 1.12 bits per heavy atom. The van der Waals surface area contributed by atoms with Gasteiger partial charge in [-0.3, -0.25) is 0 Å². The van der Waals surface area contributed by atoms with Gasteiger partial charge in [0.25, 0.3) is 0 Å². The minimum absolute atomic E-state index is 0.382. The Morgan fingerprint density at radius 2 is 1.79 bits per heavy atom. The first-order valence-corrected chi connectivity index (χ1v) is 8.09. The van der Waals surface area contributed by atoms with Gasteiger partial charge in [-0.15, -0.1) is 0 Å². The minimum Gasteiger partial charge on any atom is -0.489 e. The van der Waals surface area contributed by atoms with Gasteiger partial charge in [-0.25, -0.2) is 4.79 Å². The number of aryl methyl sites for hydroxylation is 1. The summed E-state index contributed by atoms with van der Waals surface area (Å²) in [6.07, 6.45) is 0.597. The van der Waals surface area contributed by atoms with Gasteiger partial charge in [0.05, 0.1) is 0 Å². The molecule has 0 aliphatic rings. The molecule has 0 aliphatic carbocycles. The lowest BCUT2D eigenvalue weighted by Crippen LogP contribution is -2.31. The number of hydrogen-bond donors (Lipinski definition) is 1. The van der Waals surface area contributed by atoms with Crippen LogP contribution in [0.15, 0.2) is 48.5 Å². The standard InChI is InChI=1S/C20H24O4/c1-4-20(3,24-19(22)13-21)17-11-7-6-10-16(17)14-23-18-12-8-5-9-15(18)2/h5-12,21H,4,13-14H2,1-3H3. The highest BCUT2D eigenvalue weighted by Gasteiger charge is 2.31. The van der Waals surface area contributed by atoms with Gasteiger partial charge in [-0.2, -0.15) is 0 Å². The van der Waals surface area contributed by atoms with Gasteiger partial charge in [0.2, 0.25) is 0 Å². The van der Waals surface area contributed by atoms with E-state index in [2.05, 4.69) is 0 Å². The molecule has 1 atom stereocenters. The third-order valence-electron chi connectivity index (χ3n) is 4.21. The molecule has 1 unspecified atom stereocenters. The molecule has 4 nitrogen and oxygen atoms in total. The van der Waals surface area contributed by atoms with E-state index < -0.39 is 18.2 Å². The summed E-state index contributed by atoms with van der Waals surface area (Å²) in [5, 5.41) is 8.99. The molecule has 0 saturated carbocycles. The number of carbonyl (C=O) groups is 1. The molecule has 0 radical (unpaired) electrons. The van der Waals surface area contributed by atoms with E-state index in [4.69, 9.17) is 14.6 Å². The third-order valence-corrected chi connectivity index (χ3v) is 4.21. The van der Waals surface area contributed by atoms with Crippen molar-refractivity contribution in [3.8, 4) is 5.75 Å². The summed E-state index contributed by atoms with van der Waals surface area (Å²) in [5.74, 6) is 0.201. The smallest absolute Gasteiger partial charge is 0.332 e. The molecule has 0 spiro atoms. The maximum absolute atomic E-state index is 11.6. The molecule has 0 aromatic heterocycles. The number of para-hydroxylation sites is 1. The van der Waals surface area contributed by atoms with Crippen LogP contribution in [0.1, 0.15) is 37.0 Å². The van der Waals surface area contributed by atoms with E-state index >= 15 is 0 Å². The molecule has 2 rings (SSSR count). The second kappa shape index (κ2) is 7.97. The average molecular weight is 328 g/mol. The minimum atomic E-state index is -0.800. The molecule has 2 aromatic carbocycles. The number of carbonyl (C=O) groups excluding carboxylic acids is 1. The lowest BCUT2D eigenvalue weighted by Gasteiger charge is -2.30. The molecule has 0 bridgehead atoms. The molecule has 0 amide bonds. The van der Waals surface area contributed by atoms with E-state index in [1.165, 1.54) is 0 Å². The fourth-order valence-corrected chi connectivity index (χ4v) is 2.64. The predicted octanol–water partition coefficient (Wildman–Crippen LogP) is 3.73. The van der Waals surface area contributed by atoms with Crippen molar-refractivity contribution in [1.29, 1.82) is 0 Å². The molecule has 128 valence electrons. The van der Waals surface area contributed by atoms with Crippen LogP contribution in [0.2, 0.25) is 0 Å². The summed E-state index contributed by atoms with van der Waals surface area (Å²) in [7, 11) is 0. The molecule has 2 aromatic rings. The number of ether oxygens (including phenoxy) is 2. The highest BCUT2D eigenvalue weighted by molar-refractivity contribution is 5.71. The first kappa shape index (κ1) is 18.0. The second-order valence-corrected chi connectivity index (χ2v) is 5.93. The molecular weight excluding hydrogens is 304 g/mol. The Morgan fingerprint density at radius 3 is 2.46 bits per heavy atom. The number of benzene rings is 2. The summed E-state index contributed by atoms with van der Waals surface area (Å²) < 4.78 is 11.4. The van der Waals surface area contributed by atoms with E-state index in [9.17, 15) is 4.79 Å². The Hall–Kier alpha value is -2.33. The van der Waals surface area contributed by atoms with E-state index in [0.29, 0.717) is 13.0 Å². The van der Waals surface area contributed by atoms with Crippen LogP contribution in [0.4, 0.5) is 0 Å². The van der Waals surface area contributed by atoms with Crippen molar-refractivity contribution in [3.05, 3.63) is 65.2 Å². The van der Waals surface area contributed by atoms with Gasteiger partial charge in [0, 0.05) is 5.56 Å². The van der Waals surface area contributed by atoms with Crippen LogP contribution in [0.3, 0.4) is 0 Å². The largest absolute Gasteiger partial charge is 0.489 e. The maximum atomic E-state index is 11.6. The number of aliphatic hydroxyl groups excluding tert-OH is 1. The lowest BCUT2D eigenvalue weighted by atomic mass is 9.89. The van der Waals surface area contributed by atoms with Crippen molar-refractivity contribution in [2.45, 2.75) is 39.4 Å². The Balaban J connectivity index is 2.26. The van der Waals surface area contributed by atoms with Crippen LogP contribution in [0.5, 0.6) is 5.75 Å². The maximum Gasteiger partial charge on any atom is 0.332 e. The van der Waals surface area contributed by atoms with Crippen molar-refractivity contribution < 1.29 is 19.4 Å². The predicted molar refractivity (Wildman–Crippen MR) is 92.8 cm³/mol. The van der Waals surface area contributed by atoms with E-state index in [-0.39, 0.29) is 0 Å². The summed E-state index contributed by atoms with van der Waals surface area (Å²) in [4.78, 5) is 11.6. The van der Waals surface area contributed by atoms with Gasteiger partial charge < -0.3 is 14.6 Å². The highest BCUT2D eigenvalue weighted by atomic mass is 16.6. The van der Waals surface area contributed by atoms with Crippen molar-refractivity contribution in [3.63, 3.8) is 0 Å². The normalized spacial score (nSPS) is 13.2. The van der Waals surface area contributed by atoms with Crippen molar-refractivity contribution in [2.75, 3.05) is 6.61 Å². The van der Waals surface area contributed by atoms with Crippen LogP contribution in [0.25, 0.3) is 0 Å². The molecule has 4 heteroatoms. The summed E-state index contributed by atoms with van der Waals surface area (Å²) >= 11 is 0. The Bertz CT molecular complexity index is 696. The first-order valence-electron chi connectivity index (χ1n) is 8.09. The summed E-state index contributed by atoms with van der Waals surface area (Å²) in [5.41, 5.74) is 2.12. The van der Waals surface area contributed by atoms with E-state index in [1.807, 2.05) is 69.3 Å². The molecule has 0 fully saturated rings. The fourth-order valence-electron chi connectivity index (χ4n) is 2.64. The molecule has 0 saturated heterocycles. The monoisotopic (exact) mass is 328 g/mol. The molecule has 24 heavy (non-hydrogen) atoms. The zero-order valence-corrected chi connectivity index (χ0v) is 14.4. The number of aliphatic hydroxyl groups is 1. The number of esters is 1. The van der Waals surface area contributed by atoms with Crippen LogP contribution in [0, 0.1) is 6.92 Å². The van der Waals surface area contributed by atoms with Gasteiger partial charge in [0.1, 0.15) is 24.6 Å². The van der Waals surface area contributed by atoms with Crippen LogP contribution in [-0.4, -0.2) is 17.7 Å². The van der Waals surface area contributed by atoms with Crippen molar-refractivity contribution in [1.82, 2.24) is 0 Å². The molecule has 0 heterocycles. The van der Waals surface area contributed by atoms with Gasteiger partial charge in [0.15, 0.2) is 0 Å². The van der Waals surface area contributed by atoms with Crippen LogP contribution >= 0.6 is 0 Å². The first-order chi connectivity index (χ1) is 11.5. The quantitative estimate of drug-likeness (QED) is 0.787. The van der Waals surface area contributed by atoms with Crippen molar-refractivity contribution >= 4 is 5.97 Å². The summed E-state index contributed by atoms with van der Waals surface area (Å²) in [6, 6.07) is 15.6. The zero-order valence-electron chi connectivity index (χ0n) is 14.4.